The first-order chi connectivity index (χ1) is 15.2. The average Bonchev–Trinajstić information content (AvgIpc) is 2.81. The molecule has 0 unspecified atom stereocenters. The quantitative estimate of drug-likeness (QED) is 0.686. The minimum Gasteiger partial charge on any atom is -0.497 e. The molecule has 1 aliphatic rings. The van der Waals surface area contributed by atoms with Crippen molar-refractivity contribution in [2.24, 2.45) is 5.92 Å². The maximum atomic E-state index is 12.7. The van der Waals surface area contributed by atoms with Crippen LogP contribution in [0.2, 0.25) is 0 Å². The lowest BCUT2D eigenvalue weighted by atomic mass is 9.89. The van der Waals surface area contributed by atoms with E-state index in [9.17, 15) is 27.6 Å². The van der Waals surface area contributed by atoms with Gasteiger partial charge in [-0.3, -0.25) is 14.4 Å². The summed E-state index contributed by atoms with van der Waals surface area (Å²) in [6, 6.07) is 10.7. The van der Waals surface area contributed by atoms with Gasteiger partial charge in [0, 0.05) is 30.1 Å². The molecule has 2 aromatic carbocycles. The van der Waals surface area contributed by atoms with Gasteiger partial charge in [0.25, 0.3) is 5.91 Å². The molecule has 32 heavy (non-hydrogen) atoms. The van der Waals surface area contributed by atoms with Crippen LogP contribution in [-0.2, 0) is 11.0 Å². The molecule has 1 N–H and O–H groups in total. The third-order valence-corrected chi connectivity index (χ3v) is 5.47. The van der Waals surface area contributed by atoms with E-state index in [1.165, 1.54) is 0 Å². The maximum Gasteiger partial charge on any atom is 0.416 e. The van der Waals surface area contributed by atoms with Crippen LogP contribution in [0.5, 0.6) is 5.75 Å². The van der Waals surface area contributed by atoms with Crippen LogP contribution < -0.4 is 10.1 Å². The number of amides is 2. The fourth-order valence-electron chi connectivity index (χ4n) is 3.56. The number of Topliss-reactive ketones (excluding diaryl/α,β-unsaturated/α-hetero) is 1. The molecule has 2 aromatic rings. The Bertz CT molecular complexity index is 964. The van der Waals surface area contributed by atoms with Crippen molar-refractivity contribution in [3.63, 3.8) is 0 Å². The van der Waals surface area contributed by atoms with Gasteiger partial charge in [0.05, 0.1) is 19.2 Å². The Morgan fingerprint density at radius 2 is 1.53 bits per heavy atom. The van der Waals surface area contributed by atoms with Gasteiger partial charge >= 0.3 is 6.18 Å². The monoisotopic (exact) mass is 448 g/mol. The van der Waals surface area contributed by atoms with Gasteiger partial charge in [0.1, 0.15) is 5.75 Å². The molecule has 0 bridgehead atoms. The number of hydrogen-bond acceptors (Lipinski definition) is 4. The highest BCUT2D eigenvalue weighted by Crippen LogP contribution is 2.29. The summed E-state index contributed by atoms with van der Waals surface area (Å²) >= 11 is 0. The number of nitrogens with one attached hydrogen (secondary N) is 1. The van der Waals surface area contributed by atoms with E-state index in [1.807, 2.05) is 0 Å². The fourth-order valence-corrected chi connectivity index (χ4v) is 3.56. The second-order valence-corrected chi connectivity index (χ2v) is 7.51. The van der Waals surface area contributed by atoms with E-state index in [4.69, 9.17) is 4.74 Å². The SMILES string of the molecule is COc1ccc(C(=O)C2CCN(C(=O)CNC(=O)c3ccc(C(F)(F)F)cc3)CC2)cc1. The first-order valence-corrected chi connectivity index (χ1v) is 10.1. The van der Waals surface area contributed by atoms with Crippen LogP contribution in [0.25, 0.3) is 0 Å². The molecule has 0 aliphatic carbocycles. The van der Waals surface area contributed by atoms with Crippen molar-refractivity contribution in [1.82, 2.24) is 10.2 Å². The molecule has 6 nitrogen and oxygen atoms in total. The third kappa shape index (κ3) is 5.66. The van der Waals surface area contributed by atoms with Crippen molar-refractivity contribution in [2.45, 2.75) is 19.0 Å². The van der Waals surface area contributed by atoms with Crippen LogP contribution in [0.4, 0.5) is 13.2 Å². The topological polar surface area (TPSA) is 75.7 Å². The largest absolute Gasteiger partial charge is 0.497 e. The molecule has 1 saturated heterocycles. The van der Waals surface area contributed by atoms with Crippen molar-refractivity contribution in [3.05, 3.63) is 65.2 Å². The van der Waals surface area contributed by atoms with Gasteiger partial charge in [-0.2, -0.15) is 13.2 Å². The number of ketones is 1. The number of nitrogens with zero attached hydrogens (tertiary/aromatic N) is 1. The van der Waals surface area contributed by atoms with Gasteiger partial charge in [-0.1, -0.05) is 0 Å². The van der Waals surface area contributed by atoms with E-state index in [0.717, 1.165) is 24.3 Å². The highest BCUT2D eigenvalue weighted by atomic mass is 19.4. The van der Waals surface area contributed by atoms with Gasteiger partial charge in [-0.25, -0.2) is 0 Å². The minimum absolute atomic E-state index is 0.0235. The number of halogens is 3. The van der Waals surface area contributed by atoms with Gasteiger partial charge in [-0.05, 0) is 61.4 Å². The average molecular weight is 448 g/mol. The molecule has 2 amide bonds. The molecule has 0 aromatic heterocycles. The number of methoxy groups -OCH3 is 1. The first-order valence-electron chi connectivity index (χ1n) is 10.1. The van der Waals surface area contributed by atoms with Crippen LogP contribution in [0, 0.1) is 5.92 Å². The van der Waals surface area contributed by atoms with Crippen LogP contribution in [-0.4, -0.2) is 49.2 Å². The van der Waals surface area contributed by atoms with E-state index in [0.29, 0.717) is 37.2 Å². The molecule has 1 aliphatic heterocycles. The summed E-state index contributed by atoms with van der Waals surface area (Å²) in [5, 5.41) is 2.43. The van der Waals surface area contributed by atoms with Crippen molar-refractivity contribution < 1.29 is 32.3 Å². The molecule has 1 heterocycles. The maximum absolute atomic E-state index is 12.7. The Labute approximate surface area is 183 Å². The second-order valence-electron chi connectivity index (χ2n) is 7.51. The lowest BCUT2D eigenvalue weighted by molar-refractivity contribution is -0.137. The Balaban J connectivity index is 1.47. The van der Waals surface area contributed by atoms with Crippen LogP contribution in [0.15, 0.2) is 48.5 Å². The standard InChI is InChI=1S/C23H23F3N2O4/c1-32-19-8-4-15(5-9-19)21(30)16-10-12-28(13-11-16)20(29)14-27-22(31)17-2-6-18(7-3-17)23(24,25)26/h2-9,16H,10-14H2,1H3,(H,27,31). The number of carbonyl (C=O) groups excluding carboxylic acids is 3. The lowest BCUT2D eigenvalue weighted by Crippen LogP contribution is -2.45. The molecule has 170 valence electrons. The fraction of sp³-hybridized carbons (Fsp3) is 0.348. The normalized spacial score (nSPS) is 14.7. The highest BCUT2D eigenvalue weighted by molar-refractivity contribution is 5.98. The number of piperidine rings is 1. The summed E-state index contributed by atoms with van der Waals surface area (Å²) in [4.78, 5) is 38.8. The smallest absolute Gasteiger partial charge is 0.416 e. The molecule has 1 fully saturated rings. The van der Waals surface area contributed by atoms with Gasteiger partial charge in [0.2, 0.25) is 5.91 Å². The second kappa shape index (κ2) is 9.84. The molecular formula is C23H23F3N2O4. The van der Waals surface area contributed by atoms with E-state index in [-0.39, 0.29) is 29.7 Å². The van der Waals surface area contributed by atoms with E-state index in [2.05, 4.69) is 5.32 Å². The summed E-state index contributed by atoms with van der Waals surface area (Å²) in [6.07, 6.45) is -3.45. The van der Waals surface area contributed by atoms with Crippen LogP contribution >= 0.6 is 0 Å². The zero-order valence-electron chi connectivity index (χ0n) is 17.4. The van der Waals surface area contributed by atoms with Gasteiger partial charge < -0.3 is 15.0 Å². The predicted molar refractivity (Wildman–Crippen MR) is 110 cm³/mol. The van der Waals surface area contributed by atoms with Gasteiger partial charge in [0.15, 0.2) is 5.78 Å². The molecular weight excluding hydrogens is 425 g/mol. The predicted octanol–water partition coefficient (Wildman–Crippen LogP) is 3.57. The number of rotatable bonds is 6. The van der Waals surface area contributed by atoms with Crippen molar-refractivity contribution >= 4 is 17.6 Å². The molecule has 0 atom stereocenters. The molecule has 0 spiro atoms. The number of hydrogen-bond donors (Lipinski definition) is 1. The minimum atomic E-state index is -4.48. The number of carbonyl (C=O) groups is 3. The highest BCUT2D eigenvalue weighted by Gasteiger charge is 2.30. The van der Waals surface area contributed by atoms with Gasteiger partial charge in [-0.15, -0.1) is 0 Å². The Hall–Kier alpha value is -3.36. The molecule has 0 radical (unpaired) electrons. The number of alkyl halides is 3. The summed E-state index contributed by atoms with van der Waals surface area (Å²) in [7, 11) is 1.55. The number of ether oxygens (including phenoxy) is 1. The van der Waals surface area contributed by atoms with E-state index in [1.54, 1.807) is 36.3 Å². The van der Waals surface area contributed by atoms with Crippen molar-refractivity contribution in [2.75, 3.05) is 26.7 Å². The van der Waals surface area contributed by atoms with Crippen molar-refractivity contribution in [3.8, 4) is 5.75 Å². The zero-order chi connectivity index (χ0) is 23.3. The Morgan fingerprint density at radius 1 is 0.969 bits per heavy atom. The first kappa shape index (κ1) is 23.3. The van der Waals surface area contributed by atoms with Crippen LogP contribution in [0.3, 0.4) is 0 Å². The molecule has 9 heteroatoms. The number of benzene rings is 2. The van der Waals surface area contributed by atoms with Crippen molar-refractivity contribution in [1.29, 1.82) is 0 Å². The summed E-state index contributed by atoms with van der Waals surface area (Å²) in [5.41, 5.74) is -0.217. The summed E-state index contributed by atoms with van der Waals surface area (Å²) < 4.78 is 42.9. The third-order valence-electron chi connectivity index (χ3n) is 5.47. The number of likely N-dealkylation sites (tertiary alicyclic amines) is 1. The van der Waals surface area contributed by atoms with Crippen LogP contribution in [0.1, 0.15) is 39.1 Å². The zero-order valence-corrected chi connectivity index (χ0v) is 17.4. The summed E-state index contributed by atoms with van der Waals surface area (Å²) in [6.45, 7) is 0.514. The van der Waals surface area contributed by atoms with E-state index >= 15 is 0 Å². The van der Waals surface area contributed by atoms with E-state index < -0.39 is 17.6 Å². The summed E-state index contributed by atoms with van der Waals surface area (Å²) in [5.74, 6) is -0.429. The molecule has 0 saturated carbocycles. The Morgan fingerprint density at radius 3 is 2.06 bits per heavy atom. The Kier molecular flexibility index (Phi) is 7.17. The molecule has 3 rings (SSSR count). The lowest BCUT2D eigenvalue weighted by Gasteiger charge is -2.31.